The van der Waals surface area contributed by atoms with Crippen molar-refractivity contribution < 1.29 is 55.5 Å². The van der Waals surface area contributed by atoms with Gasteiger partial charge in [-0.25, -0.2) is 0 Å². The Morgan fingerprint density at radius 1 is 0.591 bits per heavy atom. The van der Waals surface area contributed by atoms with E-state index in [0.29, 0.717) is 0 Å². The third-order valence-electron chi connectivity index (χ3n) is 2.49. The highest BCUT2D eigenvalue weighted by atomic mass is 16.4. The van der Waals surface area contributed by atoms with Crippen LogP contribution in [0.25, 0.3) is 0 Å². The van der Waals surface area contributed by atoms with Gasteiger partial charge in [0.25, 0.3) is 0 Å². The predicted molar refractivity (Wildman–Crippen MR) is 68.3 cm³/mol. The van der Waals surface area contributed by atoms with E-state index in [0.717, 1.165) is 0 Å². The number of aliphatic hydroxyl groups is 9. The van der Waals surface area contributed by atoms with Crippen LogP contribution in [0.3, 0.4) is 0 Å². The molecule has 0 heterocycles. The van der Waals surface area contributed by atoms with Crippen molar-refractivity contribution in [1.82, 2.24) is 0 Å². The van der Waals surface area contributed by atoms with Crippen LogP contribution in [0.5, 0.6) is 0 Å². The third kappa shape index (κ3) is 8.43. The van der Waals surface area contributed by atoms with Gasteiger partial charge in [-0.05, 0) is 0 Å². The van der Waals surface area contributed by atoms with Gasteiger partial charge in [-0.15, -0.1) is 0 Å². The van der Waals surface area contributed by atoms with Crippen LogP contribution in [0.15, 0.2) is 0 Å². The minimum absolute atomic E-state index is 0.0258. The fourth-order valence-electron chi connectivity index (χ4n) is 1.03. The number of aliphatic hydroxyl groups excluding tert-OH is 9. The zero-order valence-electron chi connectivity index (χ0n) is 11.5. The maximum Gasteiger partial charge on any atom is 0.151 e. The molecule has 9 N–H and O–H groups in total. The van der Waals surface area contributed by atoms with Crippen LogP contribution in [0.1, 0.15) is 0 Å². The third-order valence-corrected chi connectivity index (χ3v) is 2.49. The van der Waals surface area contributed by atoms with Gasteiger partial charge in [-0.2, -0.15) is 0 Å². The normalized spacial score (nSPS) is 20.4. The molecule has 0 radical (unpaired) electrons. The van der Waals surface area contributed by atoms with Gasteiger partial charge >= 0.3 is 0 Å². The summed E-state index contributed by atoms with van der Waals surface area (Å²) in [6, 6.07) is 0. The predicted octanol–water partition coefficient (Wildman–Crippen LogP) is -6.12. The van der Waals surface area contributed by atoms with E-state index >= 15 is 0 Å². The number of carbonyl (C=O) groups is 2. The molecule has 0 fully saturated rings. The Balaban J connectivity index is 0. The highest BCUT2D eigenvalue weighted by Crippen LogP contribution is 2.03. The van der Waals surface area contributed by atoms with Crippen LogP contribution < -0.4 is 0 Å². The van der Waals surface area contributed by atoms with Crippen molar-refractivity contribution >= 4 is 12.6 Å². The monoisotopic (exact) mass is 330 g/mol. The second-order valence-electron chi connectivity index (χ2n) is 4.22. The zero-order chi connectivity index (χ0) is 17.9. The Hall–Kier alpha value is -1.02. The molecule has 0 spiro atoms. The molecule has 0 aliphatic rings. The molecule has 0 aliphatic carbocycles. The van der Waals surface area contributed by atoms with Gasteiger partial charge in [-0.3, -0.25) is 0 Å². The van der Waals surface area contributed by atoms with Crippen molar-refractivity contribution in [2.45, 2.75) is 42.7 Å². The van der Waals surface area contributed by atoms with Gasteiger partial charge in [0.05, 0.1) is 13.2 Å². The molecule has 0 saturated heterocycles. The maximum atomic E-state index is 9.90. The molecule has 0 rings (SSSR count). The molecule has 22 heavy (non-hydrogen) atoms. The summed E-state index contributed by atoms with van der Waals surface area (Å²) in [4.78, 5) is 19.7. The van der Waals surface area contributed by atoms with Gasteiger partial charge in [0.15, 0.2) is 12.6 Å². The number of carbonyl (C=O) groups excluding carboxylic acids is 2. The second kappa shape index (κ2) is 12.5. The minimum Gasteiger partial charge on any atom is -0.394 e. The first-order valence-corrected chi connectivity index (χ1v) is 6.06. The first-order chi connectivity index (χ1) is 10.2. The molecule has 0 amide bonds. The van der Waals surface area contributed by atoms with E-state index in [2.05, 4.69) is 0 Å². The van der Waals surface area contributed by atoms with E-state index in [1.165, 1.54) is 0 Å². The summed E-state index contributed by atoms with van der Waals surface area (Å²) in [5.74, 6) is 0. The molecule has 11 heteroatoms. The van der Waals surface area contributed by atoms with E-state index in [9.17, 15) is 9.59 Å². The van der Waals surface area contributed by atoms with Crippen molar-refractivity contribution in [3.8, 4) is 0 Å². The fourth-order valence-corrected chi connectivity index (χ4v) is 1.03. The van der Waals surface area contributed by atoms with E-state index in [-0.39, 0.29) is 12.6 Å². The van der Waals surface area contributed by atoms with Gasteiger partial charge in [0.1, 0.15) is 42.7 Å². The smallest absolute Gasteiger partial charge is 0.151 e. The van der Waals surface area contributed by atoms with Crippen molar-refractivity contribution in [3.63, 3.8) is 0 Å². The van der Waals surface area contributed by atoms with Crippen molar-refractivity contribution in [1.29, 1.82) is 0 Å². The van der Waals surface area contributed by atoms with Gasteiger partial charge < -0.3 is 55.5 Å². The standard InChI is InChI=1S/C6H12O6.C5H10O5/c7-1-3(9)5(11)6(12)4(10)2-8;6-1-3(8)5(10)4(9)2-7/h1,3-6,8-12H,2H2;1,3-5,7-10H,2H2/t3-,4+,5+,6+;3-,4+,5-/m00/s1. The number of hydrogen-bond acceptors (Lipinski definition) is 11. The summed E-state index contributed by atoms with van der Waals surface area (Å²) in [5.41, 5.74) is 0. The summed E-state index contributed by atoms with van der Waals surface area (Å²) in [6.07, 6.45) is -11.5. The van der Waals surface area contributed by atoms with Crippen LogP contribution in [-0.2, 0) is 9.59 Å². The first kappa shape index (κ1) is 23.2. The van der Waals surface area contributed by atoms with E-state index in [1.54, 1.807) is 0 Å². The second-order valence-corrected chi connectivity index (χ2v) is 4.22. The molecule has 0 bridgehead atoms. The maximum absolute atomic E-state index is 9.90. The van der Waals surface area contributed by atoms with E-state index in [1.807, 2.05) is 0 Å². The molecule has 0 unspecified atom stereocenters. The molecular weight excluding hydrogens is 308 g/mol. The molecule has 7 atom stereocenters. The topological polar surface area (TPSA) is 216 Å². The van der Waals surface area contributed by atoms with Gasteiger partial charge in [0.2, 0.25) is 0 Å². The number of rotatable bonds is 9. The summed E-state index contributed by atoms with van der Waals surface area (Å²) < 4.78 is 0. The zero-order valence-corrected chi connectivity index (χ0v) is 11.5. The highest BCUT2D eigenvalue weighted by molar-refractivity contribution is 5.57. The summed E-state index contributed by atoms with van der Waals surface area (Å²) in [7, 11) is 0. The minimum atomic E-state index is -1.79. The summed E-state index contributed by atoms with van der Waals surface area (Å²) >= 11 is 0. The molecule has 0 saturated carbocycles. The molecule has 11 nitrogen and oxygen atoms in total. The molecule has 0 aromatic rings. The lowest BCUT2D eigenvalue weighted by molar-refractivity contribution is -0.136. The summed E-state index contributed by atoms with van der Waals surface area (Å²) in [5, 5.41) is 77.6. The molecular formula is C11H22O11. The molecule has 0 aliphatic heterocycles. The van der Waals surface area contributed by atoms with Crippen LogP contribution in [-0.4, -0.2) is 114 Å². The molecule has 0 aromatic carbocycles. The number of hydrogen-bond donors (Lipinski definition) is 9. The lowest BCUT2D eigenvalue weighted by Crippen LogP contribution is -2.46. The SMILES string of the molecule is O=C[C@H](O)[C@@H](O)[C@H](O)[C@H](O)CO.O=C[C@H](O)[C@H](O)[C@H](O)CO. The highest BCUT2D eigenvalue weighted by Gasteiger charge is 2.29. The van der Waals surface area contributed by atoms with E-state index in [4.69, 9.17) is 46.0 Å². The Morgan fingerprint density at radius 2 is 0.909 bits per heavy atom. The lowest BCUT2D eigenvalue weighted by atomic mass is 10.0. The van der Waals surface area contributed by atoms with Crippen LogP contribution in [0.4, 0.5) is 0 Å². The van der Waals surface area contributed by atoms with Crippen molar-refractivity contribution in [2.24, 2.45) is 0 Å². The average Bonchev–Trinajstić information content (AvgIpc) is 2.56. The quantitative estimate of drug-likeness (QED) is 0.181. The Morgan fingerprint density at radius 3 is 1.23 bits per heavy atom. The Labute approximate surface area is 125 Å². The van der Waals surface area contributed by atoms with Crippen molar-refractivity contribution in [2.75, 3.05) is 13.2 Å². The fraction of sp³-hybridized carbons (Fsp3) is 0.818. The van der Waals surface area contributed by atoms with Crippen LogP contribution in [0, 0.1) is 0 Å². The van der Waals surface area contributed by atoms with Crippen LogP contribution >= 0.6 is 0 Å². The lowest BCUT2D eigenvalue weighted by Gasteiger charge is -2.22. The molecule has 0 aromatic heterocycles. The summed E-state index contributed by atoms with van der Waals surface area (Å²) in [6.45, 7) is -1.45. The van der Waals surface area contributed by atoms with Crippen LogP contribution in [0.2, 0.25) is 0 Å². The van der Waals surface area contributed by atoms with Gasteiger partial charge in [-0.1, -0.05) is 0 Å². The van der Waals surface area contributed by atoms with Crippen molar-refractivity contribution in [3.05, 3.63) is 0 Å². The number of aldehydes is 2. The van der Waals surface area contributed by atoms with Gasteiger partial charge in [0, 0.05) is 0 Å². The Kier molecular flexibility index (Phi) is 13.2. The Bertz CT molecular complexity index is 300. The first-order valence-electron chi connectivity index (χ1n) is 6.06. The average molecular weight is 330 g/mol. The molecule has 132 valence electrons. The largest absolute Gasteiger partial charge is 0.394 e. The van der Waals surface area contributed by atoms with E-state index < -0.39 is 55.9 Å².